The zero-order chi connectivity index (χ0) is 11.5. The van der Waals surface area contributed by atoms with Gasteiger partial charge in [-0.2, -0.15) is 0 Å². The smallest absolute Gasteiger partial charge is 0.255 e. The number of anilines is 2. The van der Waals surface area contributed by atoms with Crippen LogP contribution < -0.4 is 10.2 Å². The molecule has 0 saturated carbocycles. The van der Waals surface area contributed by atoms with Crippen LogP contribution in [-0.2, 0) is 6.42 Å². The van der Waals surface area contributed by atoms with Crippen molar-refractivity contribution in [2.45, 2.75) is 19.3 Å². The molecule has 88 valence electrons. The highest BCUT2D eigenvalue weighted by Gasteiger charge is 2.16. The molecule has 2 nitrogen and oxygen atoms in total. The topological polar surface area (TPSA) is 15.3 Å². The summed E-state index contributed by atoms with van der Waals surface area (Å²) in [6.45, 7) is 0.755. The van der Waals surface area contributed by atoms with E-state index in [-0.39, 0.29) is 6.54 Å². The molecule has 0 radical (unpaired) electrons. The molecular weight excluding hydrogens is 210 g/mol. The van der Waals surface area contributed by atoms with E-state index >= 15 is 0 Å². The van der Waals surface area contributed by atoms with Crippen molar-refractivity contribution >= 4 is 11.4 Å². The van der Waals surface area contributed by atoms with Gasteiger partial charge < -0.3 is 10.2 Å². The second-order valence-electron chi connectivity index (χ2n) is 4.11. The number of nitrogens with one attached hydrogen (secondary N) is 1. The molecule has 0 unspecified atom stereocenters. The summed E-state index contributed by atoms with van der Waals surface area (Å²) < 4.78 is 24.7. The lowest BCUT2D eigenvalue weighted by Crippen LogP contribution is -2.26. The molecule has 1 aliphatic heterocycles. The number of hydrogen-bond donors (Lipinski definition) is 1. The molecule has 1 heterocycles. The normalized spacial score (nSPS) is 14.5. The molecule has 0 amide bonds. The van der Waals surface area contributed by atoms with Crippen LogP contribution in [0.3, 0.4) is 0 Å². The van der Waals surface area contributed by atoms with Crippen molar-refractivity contribution < 1.29 is 8.78 Å². The summed E-state index contributed by atoms with van der Waals surface area (Å²) in [4.78, 5) is 1.64. The third kappa shape index (κ3) is 2.26. The summed E-state index contributed by atoms with van der Waals surface area (Å²) in [5, 5.41) is 3.30. The van der Waals surface area contributed by atoms with Crippen LogP contribution in [0.2, 0.25) is 0 Å². The molecule has 4 heteroatoms. The molecule has 0 aliphatic carbocycles. The average Bonchev–Trinajstić information content (AvgIpc) is 2.27. The van der Waals surface area contributed by atoms with Crippen LogP contribution in [0.5, 0.6) is 0 Å². The summed E-state index contributed by atoms with van der Waals surface area (Å²) in [5.74, 6) is 0. The summed E-state index contributed by atoms with van der Waals surface area (Å²) in [6, 6.07) is 5.83. The predicted molar refractivity (Wildman–Crippen MR) is 62.5 cm³/mol. The van der Waals surface area contributed by atoms with Crippen LogP contribution in [0.15, 0.2) is 18.2 Å². The van der Waals surface area contributed by atoms with E-state index in [1.807, 2.05) is 18.2 Å². The van der Waals surface area contributed by atoms with Gasteiger partial charge in [0.1, 0.15) is 0 Å². The molecule has 0 spiro atoms. The first-order valence-corrected chi connectivity index (χ1v) is 5.53. The molecule has 16 heavy (non-hydrogen) atoms. The Morgan fingerprint density at radius 1 is 1.44 bits per heavy atom. The zero-order valence-corrected chi connectivity index (χ0v) is 9.34. The second-order valence-corrected chi connectivity index (χ2v) is 4.11. The van der Waals surface area contributed by atoms with Gasteiger partial charge in [-0.1, -0.05) is 6.07 Å². The van der Waals surface area contributed by atoms with Gasteiger partial charge in [0.25, 0.3) is 6.43 Å². The van der Waals surface area contributed by atoms with E-state index < -0.39 is 6.43 Å². The number of fused-ring (bicyclic) bond motifs is 1. The SMILES string of the molecule is CN(CC(F)F)c1cccc2c1CCCN2. The van der Waals surface area contributed by atoms with Crippen LogP contribution in [0.4, 0.5) is 20.2 Å². The van der Waals surface area contributed by atoms with Crippen molar-refractivity contribution in [3.8, 4) is 0 Å². The van der Waals surface area contributed by atoms with Crippen LogP contribution in [-0.4, -0.2) is 26.6 Å². The van der Waals surface area contributed by atoms with Crippen molar-refractivity contribution in [1.29, 1.82) is 0 Å². The van der Waals surface area contributed by atoms with Gasteiger partial charge in [-0.15, -0.1) is 0 Å². The second kappa shape index (κ2) is 4.68. The molecule has 0 bridgehead atoms. The van der Waals surface area contributed by atoms with Gasteiger partial charge in [-0.25, -0.2) is 8.78 Å². The molecule has 1 N–H and O–H groups in total. The third-order valence-corrected chi connectivity index (χ3v) is 2.89. The predicted octanol–water partition coefficient (Wildman–Crippen LogP) is 2.75. The standard InChI is InChI=1S/C12H16F2N2/c1-16(8-12(13)14)11-6-2-5-10-9(11)4-3-7-15-10/h2,5-6,12,15H,3-4,7-8H2,1H3. The van der Waals surface area contributed by atoms with Gasteiger partial charge in [0.05, 0.1) is 6.54 Å². The molecule has 0 saturated heterocycles. The van der Waals surface area contributed by atoms with Crippen molar-refractivity contribution in [3.05, 3.63) is 23.8 Å². The fourth-order valence-corrected chi connectivity index (χ4v) is 2.15. The maximum absolute atomic E-state index is 12.3. The fourth-order valence-electron chi connectivity index (χ4n) is 2.15. The molecule has 0 atom stereocenters. The van der Waals surface area contributed by atoms with Gasteiger partial charge in [-0.3, -0.25) is 0 Å². The highest BCUT2D eigenvalue weighted by atomic mass is 19.3. The minimum absolute atomic E-state index is 0.212. The highest BCUT2D eigenvalue weighted by molar-refractivity contribution is 5.67. The Bertz CT molecular complexity index is 366. The van der Waals surface area contributed by atoms with Crippen molar-refractivity contribution in [1.82, 2.24) is 0 Å². The van der Waals surface area contributed by atoms with Crippen LogP contribution in [0.25, 0.3) is 0 Å². The Morgan fingerprint density at radius 3 is 3.00 bits per heavy atom. The quantitative estimate of drug-likeness (QED) is 0.852. The van der Waals surface area contributed by atoms with Crippen LogP contribution in [0.1, 0.15) is 12.0 Å². The van der Waals surface area contributed by atoms with Gasteiger partial charge in [0.15, 0.2) is 0 Å². The van der Waals surface area contributed by atoms with E-state index in [4.69, 9.17) is 0 Å². The summed E-state index contributed by atoms with van der Waals surface area (Å²) >= 11 is 0. The van der Waals surface area contributed by atoms with Gasteiger partial charge in [0, 0.05) is 25.0 Å². The zero-order valence-electron chi connectivity index (χ0n) is 9.34. The van der Waals surface area contributed by atoms with E-state index in [2.05, 4.69) is 5.32 Å². The van der Waals surface area contributed by atoms with Crippen molar-refractivity contribution in [2.75, 3.05) is 30.4 Å². The number of hydrogen-bond acceptors (Lipinski definition) is 2. The largest absolute Gasteiger partial charge is 0.385 e. The van der Waals surface area contributed by atoms with Crippen molar-refractivity contribution in [2.24, 2.45) is 0 Å². The van der Waals surface area contributed by atoms with E-state index in [1.165, 1.54) is 0 Å². The Hall–Kier alpha value is -1.32. The lowest BCUT2D eigenvalue weighted by atomic mass is 10.0. The minimum atomic E-state index is -2.29. The van der Waals surface area contributed by atoms with E-state index in [9.17, 15) is 8.78 Å². The Kier molecular flexibility index (Phi) is 3.27. The maximum Gasteiger partial charge on any atom is 0.255 e. The van der Waals surface area contributed by atoms with E-state index in [1.54, 1.807) is 11.9 Å². The first kappa shape index (κ1) is 11.2. The van der Waals surface area contributed by atoms with Crippen LogP contribution >= 0.6 is 0 Å². The highest BCUT2D eigenvalue weighted by Crippen LogP contribution is 2.31. The number of nitrogens with zero attached hydrogens (tertiary/aromatic N) is 1. The van der Waals surface area contributed by atoms with Crippen molar-refractivity contribution in [3.63, 3.8) is 0 Å². The van der Waals surface area contributed by atoms with E-state index in [0.29, 0.717) is 0 Å². The molecule has 0 fully saturated rings. The Morgan fingerprint density at radius 2 is 2.25 bits per heavy atom. The maximum atomic E-state index is 12.3. The molecule has 1 aliphatic rings. The minimum Gasteiger partial charge on any atom is -0.385 e. The van der Waals surface area contributed by atoms with Gasteiger partial charge in [0.2, 0.25) is 0 Å². The fraction of sp³-hybridized carbons (Fsp3) is 0.500. The van der Waals surface area contributed by atoms with E-state index in [0.717, 1.165) is 36.3 Å². The average molecular weight is 226 g/mol. The van der Waals surface area contributed by atoms with Crippen LogP contribution in [0, 0.1) is 0 Å². The Labute approximate surface area is 94.3 Å². The summed E-state index contributed by atoms with van der Waals surface area (Å²) in [7, 11) is 1.72. The lowest BCUT2D eigenvalue weighted by Gasteiger charge is -2.26. The molecular formula is C12H16F2N2. The number of halogens is 2. The number of benzene rings is 1. The molecule has 2 rings (SSSR count). The molecule has 1 aromatic carbocycles. The molecule has 1 aromatic rings. The number of rotatable bonds is 3. The Balaban J connectivity index is 2.26. The number of alkyl halides is 2. The molecule has 0 aromatic heterocycles. The lowest BCUT2D eigenvalue weighted by molar-refractivity contribution is 0.156. The summed E-state index contributed by atoms with van der Waals surface area (Å²) in [6.07, 6.45) is -0.268. The first-order chi connectivity index (χ1) is 7.68. The summed E-state index contributed by atoms with van der Waals surface area (Å²) in [5.41, 5.74) is 3.17. The first-order valence-electron chi connectivity index (χ1n) is 5.53. The monoisotopic (exact) mass is 226 g/mol. The third-order valence-electron chi connectivity index (χ3n) is 2.89. The van der Waals surface area contributed by atoms with Gasteiger partial charge >= 0.3 is 0 Å². The van der Waals surface area contributed by atoms with Gasteiger partial charge in [-0.05, 0) is 30.5 Å².